The molecule has 0 bridgehead atoms. The average Bonchev–Trinajstić information content (AvgIpc) is 3.31. The molecule has 0 aromatic carbocycles. The Labute approximate surface area is 167 Å². The summed E-state index contributed by atoms with van der Waals surface area (Å²) in [6.45, 7) is 9.77. The Bertz CT molecular complexity index is 961. The van der Waals surface area contributed by atoms with Gasteiger partial charge < -0.3 is 13.7 Å². The number of aryl methyl sites for hydroxylation is 1. The molecule has 0 saturated carbocycles. The minimum atomic E-state index is -0.461. The van der Waals surface area contributed by atoms with E-state index in [4.69, 9.17) is 13.7 Å². The van der Waals surface area contributed by atoms with Gasteiger partial charge in [0, 0.05) is 5.41 Å². The van der Waals surface area contributed by atoms with Crippen molar-refractivity contribution in [1.29, 1.82) is 0 Å². The van der Waals surface area contributed by atoms with Crippen LogP contribution in [0, 0.1) is 6.92 Å². The molecule has 8 nitrogen and oxygen atoms in total. The number of esters is 1. The highest BCUT2D eigenvalue weighted by Crippen LogP contribution is 2.29. The molecule has 3 aromatic heterocycles. The van der Waals surface area contributed by atoms with Gasteiger partial charge >= 0.3 is 5.97 Å². The van der Waals surface area contributed by atoms with Crippen LogP contribution in [0.3, 0.4) is 0 Å². The van der Waals surface area contributed by atoms with Crippen molar-refractivity contribution in [3.63, 3.8) is 0 Å². The van der Waals surface area contributed by atoms with Gasteiger partial charge in [0.2, 0.25) is 5.89 Å². The van der Waals surface area contributed by atoms with Crippen LogP contribution < -0.4 is 0 Å². The van der Waals surface area contributed by atoms with Crippen LogP contribution in [0.4, 0.5) is 0 Å². The van der Waals surface area contributed by atoms with Crippen LogP contribution in [0.2, 0.25) is 0 Å². The lowest BCUT2D eigenvalue weighted by molar-refractivity contribution is 0.0519. The van der Waals surface area contributed by atoms with E-state index in [1.807, 2.05) is 20.8 Å². The molecule has 0 fully saturated rings. The first-order chi connectivity index (χ1) is 13.3. The topological polar surface area (TPSA) is 104 Å². The first kappa shape index (κ1) is 20.1. The predicted octanol–water partition coefficient (Wildman–Crippen LogP) is 4.19. The Kier molecular flexibility index (Phi) is 5.83. The fraction of sp³-hybridized carbons (Fsp3) is 0.421. The van der Waals surface area contributed by atoms with Gasteiger partial charge in [0.15, 0.2) is 17.4 Å². The number of aromatic nitrogens is 4. The monoisotopic (exact) mass is 402 g/mol. The Morgan fingerprint density at radius 2 is 2.04 bits per heavy atom. The molecule has 9 heteroatoms. The lowest BCUT2D eigenvalue weighted by Gasteiger charge is -2.11. The lowest BCUT2D eigenvalue weighted by Crippen LogP contribution is -2.12. The number of ether oxygens (including phenoxy) is 1. The van der Waals surface area contributed by atoms with Crippen molar-refractivity contribution in [2.45, 2.75) is 50.8 Å². The van der Waals surface area contributed by atoms with E-state index < -0.39 is 5.97 Å². The molecule has 0 aliphatic rings. The number of carbonyl (C=O) groups excluding carboxylic acids is 1. The molecule has 0 unspecified atom stereocenters. The summed E-state index contributed by atoms with van der Waals surface area (Å²) in [7, 11) is 0. The van der Waals surface area contributed by atoms with Crippen LogP contribution in [0.1, 0.15) is 55.5 Å². The standard InChI is InChI=1S/C19H22N4O4S/c1-6-25-17(24)14-11(2)20-15(12-8-7-9-26-12)22-16(14)28-10-13-21-18(27-23-13)19(3,4)5/h7-9H,6,10H2,1-5H3. The second kappa shape index (κ2) is 8.14. The molecule has 0 aliphatic carbocycles. The minimum Gasteiger partial charge on any atom is -0.462 e. The van der Waals surface area contributed by atoms with Crippen LogP contribution in [0.25, 0.3) is 11.6 Å². The number of hydrogen-bond acceptors (Lipinski definition) is 9. The maximum Gasteiger partial charge on any atom is 0.342 e. The smallest absolute Gasteiger partial charge is 0.342 e. The molecule has 148 valence electrons. The molecular weight excluding hydrogens is 380 g/mol. The largest absolute Gasteiger partial charge is 0.462 e. The highest BCUT2D eigenvalue weighted by molar-refractivity contribution is 7.98. The maximum atomic E-state index is 12.4. The van der Waals surface area contributed by atoms with Crippen LogP contribution in [-0.2, 0) is 15.9 Å². The van der Waals surface area contributed by atoms with E-state index in [0.29, 0.717) is 45.3 Å². The first-order valence-electron chi connectivity index (χ1n) is 8.85. The summed E-state index contributed by atoms with van der Waals surface area (Å²) in [6, 6.07) is 3.52. The second-order valence-corrected chi connectivity index (χ2v) is 8.03. The molecule has 0 radical (unpaired) electrons. The summed E-state index contributed by atoms with van der Waals surface area (Å²) in [5.41, 5.74) is 0.622. The Morgan fingerprint density at radius 3 is 2.64 bits per heavy atom. The van der Waals surface area contributed by atoms with E-state index in [1.54, 1.807) is 32.2 Å². The van der Waals surface area contributed by atoms with Gasteiger partial charge in [-0.2, -0.15) is 4.98 Å². The number of carbonyl (C=O) groups is 1. The van der Waals surface area contributed by atoms with Crippen molar-refractivity contribution in [2.24, 2.45) is 0 Å². The third-order valence-electron chi connectivity index (χ3n) is 3.73. The quantitative estimate of drug-likeness (QED) is 0.341. The van der Waals surface area contributed by atoms with Gasteiger partial charge in [-0.15, -0.1) is 0 Å². The molecule has 3 heterocycles. The molecule has 0 saturated heterocycles. The number of hydrogen-bond donors (Lipinski definition) is 0. The van der Waals surface area contributed by atoms with E-state index in [9.17, 15) is 4.79 Å². The Balaban J connectivity index is 1.92. The van der Waals surface area contributed by atoms with Crippen LogP contribution in [0.5, 0.6) is 0 Å². The van der Waals surface area contributed by atoms with Gasteiger partial charge in [0.1, 0.15) is 10.6 Å². The van der Waals surface area contributed by atoms with Crippen LogP contribution >= 0.6 is 11.8 Å². The van der Waals surface area contributed by atoms with E-state index in [0.717, 1.165) is 0 Å². The van der Waals surface area contributed by atoms with Crippen molar-refractivity contribution in [1.82, 2.24) is 20.1 Å². The highest BCUT2D eigenvalue weighted by atomic mass is 32.2. The molecule has 0 amide bonds. The van der Waals surface area contributed by atoms with Crippen LogP contribution in [0.15, 0.2) is 32.4 Å². The second-order valence-electron chi connectivity index (χ2n) is 7.06. The molecule has 0 spiro atoms. The summed E-state index contributed by atoms with van der Waals surface area (Å²) < 4.78 is 15.9. The van der Waals surface area contributed by atoms with E-state index in [1.165, 1.54) is 11.8 Å². The molecule has 3 rings (SSSR count). The van der Waals surface area contributed by atoms with E-state index >= 15 is 0 Å². The van der Waals surface area contributed by atoms with Crippen molar-refractivity contribution < 1.29 is 18.5 Å². The number of nitrogens with zero attached hydrogens (tertiary/aromatic N) is 4. The third-order valence-corrected chi connectivity index (χ3v) is 4.70. The zero-order valence-corrected chi connectivity index (χ0v) is 17.3. The normalized spacial score (nSPS) is 11.6. The molecule has 0 N–H and O–H groups in total. The van der Waals surface area contributed by atoms with Gasteiger partial charge in [-0.1, -0.05) is 37.7 Å². The van der Waals surface area contributed by atoms with Gasteiger partial charge in [0.05, 0.1) is 24.3 Å². The maximum absolute atomic E-state index is 12.4. The summed E-state index contributed by atoms with van der Waals surface area (Å²) in [5, 5.41) is 4.50. The number of furan rings is 1. The molecule has 0 aliphatic heterocycles. The zero-order chi connectivity index (χ0) is 20.3. The lowest BCUT2D eigenvalue weighted by atomic mass is 9.97. The summed E-state index contributed by atoms with van der Waals surface area (Å²) in [5.74, 6) is 1.94. The fourth-order valence-corrected chi connectivity index (χ4v) is 3.26. The van der Waals surface area contributed by atoms with E-state index in [-0.39, 0.29) is 12.0 Å². The summed E-state index contributed by atoms with van der Waals surface area (Å²) >= 11 is 1.33. The zero-order valence-electron chi connectivity index (χ0n) is 16.5. The third kappa shape index (κ3) is 4.41. The summed E-state index contributed by atoms with van der Waals surface area (Å²) in [4.78, 5) is 25.8. The average molecular weight is 402 g/mol. The van der Waals surface area contributed by atoms with Crippen molar-refractivity contribution in [2.75, 3.05) is 6.61 Å². The van der Waals surface area contributed by atoms with Crippen LogP contribution in [-0.4, -0.2) is 32.7 Å². The first-order valence-corrected chi connectivity index (χ1v) is 9.83. The van der Waals surface area contributed by atoms with Gasteiger partial charge in [-0.25, -0.2) is 14.8 Å². The molecule has 3 aromatic rings. The predicted molar refractivity (Wildman–Crippen MR) is 103 cm³/mol. The van der Waals surface area contributed by atoms with Gasteiger partial charge in [0.25, 0.3) is 0 Å². The summed E-state index contributed by atoms with van der Waals surface area (Å²) in [6.07, 6.45) is 1.55. The fourth-order valence-electron chi connectivity index (χ4n) is 2.36. The Hall–Kier alpha value is -2.68. The van der Waals surface area contributed by atoms with Crippen molar-refractivity contribution in [3.8, 4) is 11.6 Å². The molecule has 0 atom stereocenters. The molecule has 28 heavy (non-hydrogen) atoms. The highest BCUT2D eigenvalue weighted by Gasteiger charge is 2.24. The minimum absolute atomic E-state index is 0.232. The van der Waals surface area contributed by atoms with Gasteiger partial charge in [-0.3, -0.25) is 0 Å². The number of thioether (sulfide) groups is 1. The SMILES string of the molecule is CCOC(=O)c1c(C)nc(-c2ccco2)nc1SCc1noc(C(C)(C)C)n1. The van der Waals surface area contributed by atoms with Crippen molar-refractivity contribution in [3.05, 3.63) is 41.4 Å². The van der Waals surface area contributed by atoms with Crippen molar-refractivity contribution >= 4 is 17.7 Å². The number of rotatable bonds is 6. The molecular formula is C19H22N4O4S. The Morgan fingerprint density at radius 1 is 1.25 bits per heavy atom. The van der Waals surface area contributed by atoms with Gasteiger partial charge in [-0.05, 0) is 26.0 Å². The van der Waals surface area contributed by atoms with E-state index in [2.05, 4.69) is 20.1 Å².